The van der Waals surface area contributed by atoms with Crippen molar-refractivity contribution < 1.29 is 23.4 Å². The first-order valence-corrected chi connectivity index (χ1v) is 7.88. The fraction of sp³-hybridized carbons (Fsp3) is 0.316. The van der Waals surface area contributed by atoms with Crippen molar-refractivity contribution in [3.05, 3.63) is 53.1 Å². The summed E-state index contributed by atoms with van der Waals surface area (Å²) in [7, 11) is 1.28. The summed E-state index contributed by atoms with van der Waals surface area (Å²) in [5, 5.41) is 11.6. The Morgan fingerprint density at radius 1 is 1.24 bits per heavy atom. The molecule has 1 unspecified atom stereocenters. The number of hydrogen-bond donors (Lipinski definition) is 2. The van der Waals surface area contributed by atoms with Gasteiger partial charge in [0.1, 0.15) is 5.82 Å². The molecular weight excluding hydrogens is 328 g/mol. The van der Waals surface area contributed by atoms with E-state index in [1.54, 1.807) is 18.2 Å². The van der Waals surface area contributed by atoms with Crippen molar-refractivity contribution in [2.75, 3.05) is 7.11 Å². The van der Waals surface area contributed by atoms with Crippen molar-refractivity contribution in [3.8, 4) is 16.9 Å². The number of halogens is 2. The van der Waals surface area contributed by atoms with Crippen molar-refractivity contribution in [1.29, 1.82) is 0 Å². The molecule has 0 fully saturated rings. The summed E-state index contributed by atoms with van der Waals surface area (Å²) in [6, 6.07) is 7.05. The van der Waals surface area contributed by atoms with E-state index in [0.717, 1.165) is 23.3 Å². The van der Waals surface area contributed by atoms with E-state index in [4.69, 9.17) is 9.84 Å². The third-order valence-corrected chi connectivity index (χ3v) is 4.70. The van der Waals surface area contributed by atoms with Crippen LogP contribution < -0.4 is 10.1 Å². The fourth-order valence-electron chi connectivity index (χ4n) is 3.52. The molecule has 2 aromatic carbocycles. The first kappa shape index (κ1) is 17.2. The molecule has 0 aromatic heterocycles. The molecule has 0 heterocycles. The number of nitrogens with one attached hydrogen (secondary N) is 1. The van der Waals surface area contributed by atoms with Gasteiger partial charge in [-0.2, -0.15) is 0 Å². The van der Waals surface area contributed by atoms with Crippen LogP contribution >= 0.6 is 0 Å². The Bertz CT molecular complexity index is 849. The van der Waals surface area contributed by atoms with Crippen LogP contribution in [0, 0.1) is 17.0 Å². The number of amides is 1. The molecule has 0 spiro atoms. The minimum Gasteiger partial charge on any atom is -0.494 e. The van der Waals surface area contributed by atoms with E-state index in [1.165, 1.54) is 7.11 Å². The summed E-state index contributed by atoms with van der Waals surface area (Å²) in [5.41, 5.74) is 2.18. The normalized spacial score (nSPS) is 17.9. The highest BCUT2D eigenvalue weighted by Crippen LogP contribution is 2.46. The summed E-state index contributed by atoms with van der Waals surface area (Å²) < 4.78 is 33.1. The average Bonchev–Trinajstić information content (AvgIpc) is 2.78. The van der Waals surface area contributed by atoms with E-state index in [9.17, 15) is 13.6 Å². The zero-order chi connectivity index (χ0) is 18.4. The van der Waals surface area contributed by atoms with E-state index < -0.39 is 17.7 Å². The molecule has 1 atom stereocenters. The lowest BCUT2D eigenvalue weighted by molar-refractivity contribution is 0.175. The van der Waals surface area contributed by atoms with Gasteiger partial charge in [0.25, 0.3) is 0 Å². The van der Waals surface area contributed by atoms with Gasteiger partial charge in [-0.1, -0.05) is 32.0 Å². The highest BCUT2D eigenvalue weighted by Gasteiger charge is 2.40. The van der Waals surface area contributed by atoms with Gasteiger partial charge in [0, 0.05) is 11.6 Å². The van der Waals surface area contributed by atoms with Crippen LogP contribution in [0.2, 0.25) is 0 Å². The maximum Gasteiger partial charge on any atom is 0.405 e. The van der Waals surface area contributed by atoms with Crippen LogP contribution in [0.1, 0.15) is 31.0 Å². The summed E-state index contributed by atoms with van der Waals surface area (Å²) in [6.07, 6.45) is -0.445. The number of fused-ring (bicyclic) bond motifs is 1. The number of methoxy groups -OCH3 is 1. The van der Waals surface area contributed by atoms with Gasteiger partial charge in [-0.15, -0.1) is 0 Å². The first-order chi connectivity index (χ1) is 11.7. The van der Waals surface area contributed by atoms with Crippen molar-refractivity contribution in [2.45, 2.75) is 26.3 Å². The van der Waals surface area contributed by atoms with Crippen LogP contribution in [0.3, 0.4) is 0 Å². The highest BCUT2D eigenvalue weighted by molar-refractivity contribution is 5.69. The second-order valence-electron chi connectivity index (χ2n) is 6.93. The molecule has 3 rings (SSSR count). The lowest BCUT2D eigenvalue weighted by Crippen LogP contribution is -2.34. The zero-order valence-electron chi connectivity index (χ0n) is 14.2. The molecule has 1 aliphatic carbocycles. The molecule has 0 aliphatic heterocycles. The van der Waals surface area contributed by atoms with Crippen LogP contribution in [0.25, 0.3) is 11.1 Å². The second kappa shape index (κ2) is 6.02. The number of hydrogen-bond acceptors (Lipinski definition) is 2. The molecule has 1 amide bonds. The van der Waals surface area contributed by atoms with Gasteiger partial charge < -0.3 is 15.2 Å². The molecule has 2 N–H and O–H groups in total. The summed E-state index contributed by atoms with van der Waals surface area (Å²) in [6.45, 7) is 3.95. The Balaban J connectivity index is 2.04. The van der Waals surface area contributed by atoms with Gasteiger partial charge in [-0.3, -0.25) is 0 Å². The Kier molecular flexibility index (Phi) is 4.14. The van der Waals surface area contributed by atoms with E-state index in [2.05, 4.69) is 5.32 Å². The number of benzene rings is 2. The molecule has 0 saturated carbocycles. The molecule has 0 radical (unpaired) electrons. The van der Waals surface area contributed by atoms with Crippen molar-refractivity contribution in [3.63, 3.8) is 0 Å². The van der Waals surface area contributed by atoms with Crippen LogP contribution in [-0.2, 0) is 6.42 Å². The molecule has 2 aromatic rings. The molecule has 0 bridgehead atoms. The fourth-order valence-corrected chi connectivity index (χ4v) is 3.52. The minimum atomic E-state index is -1.08. The van der Waals surface area contributed by atoms with Crippen molar-refractivity contribution in [1.82, 2.24) is 5.32 Å². The maximum absolute atomic E-state index is 14.3. The minimum absolute atomic E-state index is 0.144. The molecule has 4 nitrogen and oxygen atoms in total. The Morgan fingerprint density at radius 2 is 1.96 bits per heavy atom. The quantitative estimate of drug-likeness (QED) is 0.857. The predicted molar refractivity (Wildman–Crippen MR) is 89.7 cm³/mol. The lowest BCUT2D eigenvalue weighted by atomic mass is 9.85. The standard InChI is InChI=1S/C19H19F2NO3/c1-19(2)9-11-6-10(4-5-12(11)17(19)22-18(23)24)13-7-15(21)16(25-3)8-14(13)20/h4-8,17,22H,9H2,1-3H3,(H,23,24). The second-order valence-corrected chi connectivity index (χ2v) is 6.93. The summed E-state index contributed by atoms with van der Waals surface area (Å²) in [4.78, 5) is 11.1. The molecule has 0 saturated heterocycles. The third-order valence-electron chi connectivity index (χ3n) is 4.70. The van der Waals surface area contributed by atoms with Gasteiger partial charge in [0.15, 0.2) is 11.6 Å². The Morgan fingerprint density at radius 3 is 2.60 bits per heavy atom. The number of ether oxygens (including phenoxy) is 1. The topological polar surface area (TPSA) is 58.6 Å². The molecule has 25 heavy (non-hydrogen) atoms. The Hall–Kier alpha value is -2.63. The SMILES string of the molecule is COc1cc(F)c(-c2ccc3c(c2)CC(C)(C)C3NC(=O)O)cc1F. The van der Waals surface area contributed by atoms with Crippen molar-refractivity contribution in [2.24, 2.45) is 5.41 Å². The van der Waals surface area contributed by atoms with Crippen LogP contribution in [0.4, 0.5) is 13.6 Å². The van der Waals surface area contributed by atoms with Gasteiger partial charge in [-0.25, -0.2) is 13.6 Å². The first-order valence-electron chi connectivity index (χ1n) is 7.88. The summed E-state index contributed by atoms with van der Waals surface area (Å²) >= 11 is 0. The molecule has 6 heteroatoms. The van der Waals surface area contributed by atoms with E-state index in [0.29, 0.717) is 12.0 Å². The molecule has 1 aliphatic rings. The van der Waals surface area contributed by atoms with E-state index in [-0.39, 0.29) is 22.8 Å². The van der Waals surface area contributed by atoms with Gasteiger partial charge in [-0.05, 0) is 34.6 Å². The zero-order valence-corrected chi connectivity index (χ0v) is 14.2. The largest absolute Gasteiger partial charge is 0.494 e. The monoisotopic (exact) mass is 347 g/mol. The summed E-state index contributed by atoms with van der Waals surface area (Å²) in [5.74, 6) is -1.35. The smallest absolute Gasteiger partial charge is 0.405 e. The number of carbonyl (C=O) groups is 1. The lowest BCUT2D eigenvalue weighted by Gasteiger charge is -2.27. The average molecular weight is 347 g/mol. The molecule has 132 valence electrons. The number of rotatable bonds is 3. The van der Waals surface area contributed by atoms with Crippen molar-refractivity contribution >= 4 is 6.09 Å². The predicted octanol–water partition coefficient (Wildman–Crippen LogP) is 4.53. The number of carboxylic acid groups (broad SMARTS) is 1. The van der Waals surface area contributed by atoms with E-state index in [1.807, 2.05) is 13.8 Å². The van der Waals surface area contributed by atoms with Gasteiger partial charge in [0.2, 0.25) is 0 Å². The maximum atomic E-state index is 14.3. The molecular formula is C19H19F2NO3. The Labute approximate surface area is 144 Å². The van der Waals surface area contributed by atoms with Gasteiger partial charge in [0.05, 0.1) is 13.2 Å². The van der Waals surface area contributed by atoms with Crippen LogP contribution in [-0.4, -0.2) is 18.3 Å². The van der Waals surface area contributed by atoms with Crippen LogP contribution in [0.5, 0.6) is 5.75 Å². The van der Waals surface area contributed by atoms with Gasteiger partial charge >= 0.3 is 6.09 Å². The van der Waals surface area contributed by atoms with E-state index >= 15 is 0 Å². The highest BCUT2D eigenvalue weighted by atomic mass is 19.1. The van der Waals surface area contributed by atoms with Crippen LogP contribution in [0.15, 0.2) is 30.3 Å². The third kappa shape index (κ3) is 3.04.